The molecule has 1 radical (unpaired) electrons. The predicted octanol–water partition coefficient (Wildman–Crippen LogP) is 1.60. The Kier molecular flexibility index (Phi) is 0.982. The van der Waals surface area contributed by atoms with Crippen molar-refractivity contribution in [3.05, 3.63) is 11.8 Å². The lowest BCUT2D eigenvalue weighted by molar-refractivity contribution is 0.368. The van der Waals surface area contributed by atoms with Crippen molar-refractivity contribution < 1.29 is 5.11 Å². The van der Waals surface area contributed by atoms with E-state index in [1.807, 2.05) is 0 Å². The fourth-order valence-corrected chi connectivity index (χ4v) is 0.850. The summed E-state index contributed by atoms with van der Waals surface area (Å²) in [5.41, 5.74) is 0.815. The van der Waals surface area contributed by atoms with Crippen LogP contribution in [-0.2, 0) is 5.11 Å². The molecular formula is C4H4NOS. The number of aryl methyl sites for hydroxylation is 1. The van der Waals surface area contributed by atoms with Crippen molar-refractivity contribution in [2.24, 2.45) is 0 Å². The van der Waals surface area contributed by atoms with E-state index in [0.29, 0.717) is 0 Å². The number of rotatable bonds is 0. The highest BCUT2D eigenvalue weighted by molar-refractivity contribution is 7.07. The van der Waals surface area contributed by atoms with Gasteiger partial charge in [0.15, 0.2) is 0 Å². The number of aromatic nitrogens is 1. The van der Waals surface area contributed by atoms with E-state index in [-0.39, 0.29) is 5.06 Å². The van der Waals surface area contributed by atoms with Gasteiger partial charge in [-0.05, 0) is 6.92 Å². The molecule has 1 heterocycles. The number of hydrogen-bond acceptors (Lipinski definition) is 2. The van der Waals surface area contributed by atoms with Gasteiger partial charge in [0.1, 0.15) is 0 Å². The minimum atomic E-state index is 0.0394. The molecule has 0 aliphatic heterocycles. The van der Waals surface area contributed by atoms with Crippen LogP contribution in [0.4, 0.5) is 0 Å². The minimum Gasteiger partial charge on any atom is -0.276 e. The van der Waals surface area contributed by atoms with Crippen LogP contribution in [0.3, 0.4) is 0 Å². The molecule has 2 nitrogen and oxygen atoms in total. The van der Waals surface area contributed by atoms with Crippen LogP contribution in [0.5, 0.6) is 5.06 Å². The third-order valence-electron chi connectivity index (χ3n) is 0.606. The van der Waals surface area contributed by atoms with Crippen LogP contribution in [0, 0.1) is 6.92 Å². The average molecular weight is 114 g/mol. The topological polar surface area (TPSA) is 32.8 Å². The Morgan fingerprint density at radius 2 is 2.57 bits per heavy atom. The highest BCUT2D eigenvalue weighted by atomic mass is 32.1. The molecular weight excluding hydrogens is 110 g/mol. The molecule has 0 unspecified atom stereocenters. The Hall–Kier alpha value is -0.570. The first-order chi connectivity index (χ1) is 3.29. The van der Waals surface area contributed by atoms with Gasteiger partial charge >= 0.3 is 0 Å². The number of nitrogens with zero attached hydrogens (tertiary/aromatic N) is 1. The molecule has 1 rings (SSSR count). The van der Waals surface area contributed by atoms with Crippen LogP contribution >= 0.6 is 11.5 Å². The van der Waals surface area contributed by atoms with E-state index in [9.17, 15) is 5.11 Å². The number of hydrogen-bond donors (Lipinski definition) is 0. The second-order valence-corrected chi connectivity index (χ2v) is 2.05. The van der Waals surface area contributed by atoms with Gasteiger partial charge in [-0.25, -0.2) is 0 Å². The predicted molar refractivity (Wildman–Crippen MR) is 27.0 cm³/mol. The van der Waals surface area contributed by atoms with Gasteiger partial charge in [-0.3, -0.25) is 5.11 Å². The van der Waals surface area contributed by atoms with Crippen molar-refractivity contribution in [1.82, 2.24) is 4.37 Å². The highest BCUT2D eigenvalue weighted by Crippen LogP contribution is 2.15. The first-order valence-corrected chi connectivity index (χ1v) is 2.67. The fraction of sp³-hybridized carbons (Fsp3) is 0.250. The highest BCUT2D eigenvalue weighted by Gasteiger charge is 1.92. The maximum absolute atomic E-state index is 10.2. The van der Waals surface area contributed by atoms with Crippen molar-refractivity contribution in [1.29, 1.82) is 0 Å². The van der Waals surface area contributed by atoms with Gasteiger partial charge in [-0.2, -0.15) is 4.37 Å². The first kappa shape index (κ1) is 4.59. The molecule has 0 bridgehead atoms. The Labute approximate surface area is 45.6 Å². The van der Waals surface area contributed by atoms with Crippen molar-refractivity contribution in [3.63, 3.8) is 0 Å². The minimum absolute atomic E-state index is 0.0394. The van der Waals surface area contributed by atoms with Gasteiger partial charge in [0, 0.05) is 17.6 Å². The molecule has 1 aromatic heterocycles. The molecule has 0 aromatic carbocycles. The molecule has 0 amide bonds. The van der Waals surface area contributed by atoms with Crippen molar-refractivity contribution in [3.8, 4) is 5.06 Å². The molecule has 0 atom stereocenters. The Morgan fingerprint density at radius 3 is 2.71 bits per heavy atom. The van der Waals surface area contributed by atoms with E-state index in [1.165, 1.54) is 6.07 Å². The lowest BCUT2D eigenvalue weighted by Crippen LogP contribution is -1.58. The summed E-state index contributed by atoms with van der Waals surface area (Å²) in [5.74, 6) is 0. The summed E-state index contributed by atoms with van der Waals surface area (Å²) >= 11 is 0.999. The molecule has 0 fully saturated rings. The SMILES string of the molecule is Cc1cc([O])sn1. The normalized spacial score (nSPS) is 9.29. The van der Waals surface area contributed by atoms with E-state index in [2.05, 4.69) is 4.37 Å². The van der Waals surface area contributed by atoms with E-state index < -0.39 is 0 Å². The zero-order chi connectivity index (χ0) is 5.28. The standard InChI is InChI=1S/C4H4NOS/c1-3-2-4(6)7-5-3/h2H,1H3. The van der Waals surface area contributed by atoms with Crippen LogP contribution in [0.2, 0.25) is 0 Å². The van der Waals surface area contributed by atoms with E-state index >= 15 is 0 Å². The molecule has 0 aliphatic carbocycles. The molecule has 7 heavy (non-hydrogen) atoms. The van der Waals surface area contributed by atoms with Gasteiger partial charge in [0.2, 0.25) is 0 Å². The molecule has 1 aromatic rings. The first-order valence-electron chi connectivity index (χ1n) is 1.89. The maximum atomic E-state index is 10.2. The maximum Gasteiger partial charge on any atom is 0.251 e. The van der Waals surface area contributed by atoms with Crippen molar-refractivity contribution in [2.75, 3.05) is 0 Å². The van der Waals surface area contributed by atoms with E-state index in [4.69, 9.17) is 0 Å². The van der Waals surface area contributed by atoms with E-state index in [1.54, 1.807) is 6.92 Å². The van der Waals surface area contributed by atoms with Crippen LogP contribution in [0.25, 0.3) is 0 Å². The summed E-state index contributed by atoms with van der Waals surface area (Å²) in [5, 5.41) is 10.3. The summed E-state index contributed by atoms with van der Waals surface area (Å²) in [6, 6.07) is 1.52. The summed E-state index contributed by atoms with van der Waals surface area (Å²) in [6.07, 6.45) is 0. The molecule has 0 spiro atoms. The molecule has 0 saturated carbocycles. The summed E-state index contributed by atoms with van der Waals surface area (Å²) < 4.78 is 3.75. The smallest absolute Gasteiger partial charge is 0.251 e. The lowest BCUT2D eigenvalue weighted by atomic mass is 10.5. The lowest BCUT2D eigenvalue weighted by Gasteiger charge is -1.64. The third kappa shape index (κ3) is 0.899. The summed E-state index contributed by atoms with van der Waals surface area (Å²) in [4.78, 5) is 0. The zero-order valence-electron chi connectivity index (χ0n) is 3.84. The molecule has 0 aliphatic rings. The molecule has 37 valence electrons. The second kappa shape index (κ2) is 1.50. The fourth-order valence-electron chi connectivity index (χ4n) is 0.340. The summed E-state index contributed by atoms with van der Waals surface area (Å²) in [7, 11) is 0. The van der Waals surface area contributed by atoms with Gasteiger partial charge < -0.3 is 0 Å². The van der Waals surface area contributed by atoms with Gasteiger partial charge in [-0.1, -0.05) is 0 Å². The van der Waals surface area contributed by atoms with Crippen LogP contribution in [0.1, 0.15) is 5.69 Å². The van der Waals surface area contributed by atoms with Crippen LogP contribution in [-0.4, -0.2) is 4.37 Å². The second-order valence-electron chi connectivity index (χ2n) is 1.29. The van der Waals surface area contributed by atoms with Crippen LogP contribution < -0.4 is 0 Å². The Morgan fingerprint density at radius 1 is 1.86 bits per heavy atom. The quantitative estimate of drug-likeness (QED) is 0.504. The van der Waals surface area contributed by atoms with Gasteiger partial charge in [0.05, 0.1) is 5.69 Å². The van der Waals surface area contributed by atoms with E-state index in [0.717, 1.165) is 17.2 Å². The average Bonchev–Trinajstić information content (AvgIpc) is 1.87. The van der Waals surface area contributed by atoms with Gasteiger partial charge in [0.25, 0.3) is 5.06 Å². The molecule has 0 N–H and O–H groups in total. The molecule has 0 saturated heterocycles. The van der Waals surface area contributed by atoms with Crippen molar-refractivity contribution >= 4 is 11.5 Å². The Balaban J connectivity index is 3.04. The third-order valence-corrected chi connectivity index (χ3v) is 1.28. The largest absolute Gasteiger partial charge is 0.276 e. The molecule has 3 heteroatoms. The van der Waals surface area contributed by atoms with Crippen LogP contribution in [0.15, 0.2) is 6.07 Å². The monoisotopic (exact) mass is 114 g/mol. The van der Waals surface area contributed by atoms with Gasteiger partial charge in [-0.15, -0.1) is 0 Å². The Bertz CT molecular complexity index is 144. The van der Waals surface area contributed by atoms with Crippen molar-refractivity contribution in [2.45, 2.75) is 6.92 Å². The zero-order valence-corrected chi connectivity index (χ0v) is 4.66. The summed E-state index contributed by atoms with van der Waals surface area (Å²) in [6.45, 7) is 1.80.